The first-order valence-corrected chi connectivity index (χ1v) is 11.0. The van der Waals surface area contributed by atoms with Crippen molar-refractivity contribution in [3.63, 3.8) is 0 Å². The van der Waals surface area contributed by atoms with Crippen molar-refractivity contribution in [3.8, 4) is 0 Å². The number of pyridine rings is 2. The second kappa shape index (κ2) is 8.04. The van der Waals surface area contributed by atoms with Crippen LogP contribution >= 0.6 is 11.3 Å². The van der Waals surface area contributed by atoms with Crippen LogP contribution < -0.4 is 20.9 Å². The molecule has 2 aliphatic rings. The number of urea groups is 1. The van der Waals surface area contributed by atoms with Crippen molar-refractivity contribution in [2.75, 3.05) is 10.2 Å². The fourth-order valence-corrected chi connectivity index (χ4v) is 5.29. The minimum Gasteiger partial charge on any atom is -0.348 e. The third-order valence-electron chi connectivity index (χ3n) is 5.70. The molecule has 4 heterocycles. The number of carbonyl (C=O) groups excluding carboxylic acids is 3. The van der Waals surface area contributed by atoms with Crippen LogP contribution in [0.5, 0.6) is 0 Å². The van der Waals surface area contributed by atoms with Crippen LogP contribution in [-0.4, -0.2) is 39.9 Å². The molecule has 32 heavy (non-hydrogen) atoms. The van der Waals surface area contributed by atoms with Gasteiger partial charge in [-0.15, -0.1) is 11.3 Å². The molecule has 0 saturated heterocycles. The lowest BCUT2D eigenvalue weighted by Crippen LogP contribution is -2.48. The molecular formula is C22H20N6O3S. The molecule has 1 fully saturated rings. The van der Waals surface area contributed by atoms with Gasteiger partial charge in [-0.1, -0.05) is 6.58 Å². The van der Waals surface area contributed by atoms with Crippen molar-refractivity contribution in [3.05, 3.63) is 54.3 Å². The number of rotatable bonds is 5. The first kappa shape index (κ1) is 20.1. The summed E-state index contributed by atoms with van der Waals surface area (Å²) >= 11 is 1.23. The van der Waals surface area contributed by atoms with Gasteiger partial charge in [0.2, 0.25) is 5.91 Å². The fourth-order valence-electron chi connectivity index (χ4n) is 4.27. The van der Waals surface area contributed by atoms with Gasteiger partial charge >= 0.3 is 6.03 Å². The smallest absolute Gasteiger partial charge is 0.331 e. The normalized spacial score (nSPS) is 19.5. The first-order valence-electron chi connectivity index (χ1n) is 10.2. The quantitative estimate of drug-likeness (QED) is 0.518. The lowest BCUT2D eigenvalue weighted by Gasteiger charge is -2.28. The van der Waals surface area contributed by atoms with E-state index in [0.717, 1.165) is 19.3 Å². The summed E-state index contributed by atoms with van der Waals surface area (Å²) in [7, 11) is 0. The highest BCUT2D eigenvalue weighted by molar-refractivity contribution is 7.21. The monoisotopic (exact) mass is 448 g/mol. The van der Waals surface area contributed by atoms with E-state index >= 15 is 0 Å². The molecular weight excluding hydrogens is 428 g/mol. The maximum atomic E-state index is 13.2. The van der Waals surface area contributed by atoms with Crippen LogP contribution in [-0.2, 0) is 4.79 Å². The van der Waals surface area contributed by atoms with Crippen molar-refractivity contribution in [1.29, 1.82) is 0 Å². The Hall–Kier alpha value is -3.79. The minimum atomic E-state index is -0.373. The Kier molecular flexibility index (Phi) is 5.06. The highest BCUT2D eigenvalue weighted by Crippen LogP contribution is 2.45. The van der Waals surface area contributed by atoms with Crippen molar-refractivity contribution in [1.82, 2.24) is 20.6 Å². The summed E-state index contributed by atoms with van der Waals surface area (Å²) in [5.74, 6) is -0.557. The van der Waals surface area contributed by atoms with Crippen LogP contribution in [0.15, 0.2) is 49.4 Å². The van der Waals surface area contributed by atoms with E-state index in [0.29, 0.717) is 32.2 Å². The van der Waals surface area contributed by atoms with Gasteiger partial charge in [0.05, 0.1) is 28.6 Å². The average Bonchev–Trinajstić information content (AvgIpc) is 3.39. The standard InChI is InChI=1S/C22H20N6O3S/c1-2-16(29)25-13-6-3-7-14(13)26-20(30)19-18-17-15(8-10-24-21(17)32-19)28(22(31)27-18)12-5-4-9-23-11-12/h2,4-5,8-11,13-14H,1,3,6-7H2,(H,25,29)(H,26,30)(H,27,31). The Morgan fingerprint density at radius 2 is 2.03 bits per heavy atom. The number of nitrogens with one attached hydrogen (secondary N) is 3. The van der Waals surface area contributed by atoms with E-state index in [-0.39, 0.29) is 29.9 Å². The van der Waals surface area contributed by atoms with Gasteiger partial charge in [0.1, 0.15) is 9.71 Å². The molecule has 1 aliphatic carbocycles. The third-order valence-corrected chi connectivity index (χ3v) is 6.80. The molecule has 2 atom stereocenters. The lowest BCUT2D eigenvalue weighted by molar-refractivity contribution is -0.117. The number of aromatic nitrogens is 2. The van der Waals surface area contributed by atoms with Gasteiger partial charge in [-0.2, -0.15) is 0 Å². The van der Waals surface area contributed by atoms with Gasteiger partial charge in [-0.25, -0.2) is 9.78 Å². The minimum absolute atomic E-state index is 0.153. The number of hydrogen-bond donors (Lipinski definition) is 3. The molecule has 3 aromatic heterocycles. The maximum absolute atomic E-state index is 13.2. The zero-order chi connectivity index (χ0) is 22.2. The molecule has 10 heteroatoms. The van der Waals surface area contributed by atoms with Gasteiger partial charge in [-0.3, -0.25) is 19.5 Å². The van der Waals surface area contributed by atoms with E-state index in [1.54, 1.807) is 36.8 Å². The van der Waals surface area contributed by atoms with Crippen molar-refractivity contribution < 1.29 is 14.4 Å². The van der Waals surface area contributed by atoms with E-state index in [1.165, 1.54) is 22.3 Å². The van der Waals surface area contributed by atoms with Crippen LogP contribution in [0, 0.1) is 0 Å². The summed E-state index contributed by atoms with van der Waals surface area (Å²) in [4.78, 5) is 49.0. The Morgan fingerprint density at radius 1 is 1.22 bits per heavy atom. The summed E-state index contributed by atoms with van der Waals surface area (Å²) in [6.07, 6.45) is 8.54. The van der Waals surface area contributed by atoms with E-state index in [1.807, 2.05) is 0 Å². The molecule has 0 bridgehead atoms. The zero-order valence-corrected chi connectivity index (χ0v) is 17.8. The molecule has 5 rings (SSSR count). The average molecular weight is 449 g/mol. The van der Waals surface area contributed by atoms with Crippen molar-refractivity contribution >= 4 is 56.5 Å². The third kappa shape index (κ3) is 3.38. The molecule has 162 valence electrons. The summed E-state index contributed by atoms with van der Waals surface area (Å²) in [6, 6.07) is 4.58. The van der Waals surface area contributed by atoms with Crippen LogP contribution in [0.25, 0.3) is 10.2 Å². The van der Waals surface area contributed by atoms with Crippen LogP contribution in [0.1, 0.15) is 28.9 Å². The molecule has 2 unspecified atom stereocenters. The molecule has 3 N–H and O–H groups in total. The summed E-state index contributed by atoms with van der Waals surface area (Å²) in [5.41, 5.74) is 1.72. The summed E-state index contributed by atoms with van der Waals surface area (Å²) < 4.78 is 0. The van der Waals surface area contributed by atoms with Gasteiger partial charge in [0, 0.05) is 24.5 Å². The largest absolute Gasteiger partial charge is 0.348 e. The predicted molar refractivity (Wildman–Crippen MR) is 122 cm³/mol. The lowest BCUT2D eigenvalue weighted by atomic mass is 10.1. The number of amides is 4. The number of anilines is 3. The highest BCUT2D eigenvalue weighted by Gasteiger charge is 2.35. The van der Waals surface area contributed by atoms with E-state index in [9.17, 15) is 14.4 Å². The molecule has 0 aromatic carbocycles. The zero-order valence-electron chi connectivity index (χ0n) is 17.0. The first-order chi connectivity index (χ1) is 15.6. The molecule has 1 saturated carbocycles. The SMILES string of the molecule is C=CC(=O)NC1CCCC1NC(=O)c1sc2nccc3c2c1NC(=O)N3c1cccnc1. The van der Waals surface area contributed by atoms with Gasteiger partial charge in [-0.05, 0) is 43.5 Å². The van der Waals surface area contributed by atoms with Gasteiger partial charge in [0.15, 0.2) is 0 Å². The Bertz CT molecular complexity index is 1240. The predicted octanol–water partition coefficient (Wildman–Crippen LogP) is 3.33. The molecule has 3 aromatic rings. The maximum Gasteiger partial charge on any atom is 0.331 e. The molecule has 0 radical (unpaired) electrons. The number of nitrogens with zero attached hydrogens (tertiary/aromatic N) is 3. The van der Waals surface area contributed by atoms with Crippen LogP contribution in [0.3, 0.4) is 0 Å². The fraction of sp³-hybridized carbons (Fsp3) is 0.227. The molecule has 0 spiro atoms. The van der Waals surface area contributed by atoms with E-state index in [2.05, 4.69) is 32.5 Å². The Balaban J connectivity index is 1.48. The van der Waals surface area contributed by atoms with Crippen LogP contribution in [0.2, 0.25) is 0 Å². The van der Waals surface area contributed by atoms with Crippen molar-refractivity contribution in [2.24, 2.45) is 0 Å². The van der Waals surface area contributed by atoms with Crippen LogP contribution in [0.4, 0.5) is 21.9 Å². The Morgan fingerprint density at radius 3 is 2.78 bits per heavy atom. The number of thiophene rings is 1. The van der Waals surface area contributed by atoms with E-state index in [4.69, 9.17) is 0 Å². The van der Waals surface area contributed by atoms with Gasteiger partial charge in [0.25, 0.3) is 5.91 Å². The molecule has 9 nitrogen and oxygen atoms in total. The summed E-state index contributed by atoms with van der Waals surface area (Å²) in [6.45, 7) is 3.48. The topological polar surface area (TPSA) is 116 Å². The number of carbonyl (C=O) groups is 3. The molecule has 4 amide bonds. The summed E-state index contributed by atoms with van der Waals surface area (Å²) in [5, 5.41) is 9.49. The Labute approximate surface area is 187 Å². The highest BCUT2D eigenvalue weighted by atomic mass is 32.1. The van der Waals surface area contributed by atoms with Crippen molar-refractivity contribution in [2.45, 2.75) is 31.3 Å². The second-order valence-electron chi connectivity index (χ2n) is 7.62. The second-order valence-corrected chi connectivity index (χ2v) is 8.62. The van der Waals surface area contributed by atoms with Gasteiger partial charge < -0.3 is 16.0 Å². The molecule has 1 aliphatic heterocycles. The van der Waals surface area contributed by atoms with E-state index < -0.39 is 0 Å². The number of hydrogen-bond acceptors (Lipinski definition) is 6.